The minimum absolute atomic E-state index is 0.483. The van der Waals surface area contributed by atoms with E-state index in [-0.39, 0.29) is 0 Å². The van der Waals surface area contributed by atoms with Crippen molar-refractivity contribution in [3.63, 3.8) is 0 Å². The summed E-state index contributed by atoms with van der Waals surface area (Å²) in [5.74, 6) is 0. The second-order valence-electron chi connectivity index (χ2n) is 28.5. The van der Waals surface area contributed by atoms with Crippen LogP contribution in [0.1, 0.15) is 83.1 Å². The van der Waals surface area contributed by atoms with Crippen LogP contribution in [0.4, 0.5) is 34.1 Å². The van der Waals surface area contributed by atoms with Gasteiger partial charge < -0.3 is 18.9 Å². The van der Waals surface area contributed by atoms with Crippen molar-refractivity contribution in [2.24, 2.45) is 0 Å². The molecule has 0 aliphatic heterocycles. The Hall–Kier alpha value is -9.03. The molecule has 4 aromatic heterocycles. The van der Waals surface area contributed by atoms with Crippen LogP contribution < -0.4 is 18.8 Å². The van der Waals surface area contributed by atoms with E-state index in [1.54, 1.807) is 9.00 Å². The van der Waals surface area contributed by atoms with Gasteiger partial charge in [-0.25, -0.2) is 0 Å². The number of thiophene rings is 2. The van der Waals surface area contributed by atoms with Crippen LogP contribution in [0.2, 0.25) is 33.2 Å². The minimum Gasteiger partial charge on any atom is -0.309 e. The zero-order valence-electron chi connectivity index (χ0n) is 57.5. The van der Waals surface area contributed by atoms with E-state index in [9.17, 15) is 0 Å². The van der Waals surface area contributed by atoms with Gasteiger partial charge in [-0.05, 0) is 174 Å². The number of fused-ring (bicyclic) bond motifs is 8. The van der Waals surface area contributed by atoms with Crippen molar-refractivity contribution in [2.75, 3.05) is 9.80 Å². The first-order chi connectivity index (χ1) is 46.6. The number of aromatic nitrogens is 2. The minimum atomic E-state index is -2.36. The van der Waals surface area contributed by atoms with Gasteiger partial charge in [-0.2, -0.15) is 0 Å². The number of rotatable bonds is 18. The Morgan fingerprint density at radius 1 is 0.260 bits per heavy atom. The molecule has 96 heavy (non-hydrogen) atoms. The molecule has 0 saturated carbocycles. The van der Waals surface area contributed by atoms with Crippen molar-refractivity contribution in [1.29, 1.82) is 0 Å². The summed E-state index contributed by atoms with van der Waals surface area (Å²) in [7, 11) is -4.71. The molecule has 11 aromatic carbocycles. The van der Waals surface area contributed by atoms with E-state index in [0.29, 0.717) is 33.2 Å². The second kappa shape index (κ2) is 25.2. The monoisotopic (exact) mass is 1320 g/mol. The summed E-state index contributed by atoms with van der Waals surface area (Å²) in [6.45, 7) is 30.5. The number of benzene rings is 11. The average Bonchev–Trinajstić information content (AvgIpc) is 1.52. The number of hydrogen-bond acceptors (Lipinski definition) is 4. The van der Waals surface area contributed by atoms with Crippen molar-refractivity contribution >= 4 is 146 Å². The number of para-hydroxylation sites is 4. The highest BCUT2D eigenvalue weighted by molar-refractivity contribution is 7.34. The lowest BCUT2D eigenvalue weighted by atomic mass is 10.0. The maximum atomic E-state index is 2.76. The molecule has 0 radical (unpaired) electrons. The lowest BCUT2D eigenvalue weighted by Crippen LogP contribution is -2.54. The zero-order chi connectivity index (χ0) is 66.3. The highest BCUT2D eigenvalue weighted by Gasteiger charge is 2.48. The molecule has 0 fully saturated rings. The quantitative estimate of drug-likeness (QED) is 0.0629. The molecule has 8 heteroatoms. The first kappa shape index (κ1) is 63.1. The number of nitrogens with zero attached hydrogens (tertiary/aromatic N) is 4. The first-order valence-corrected chi connectivity index (χ1v) is 40.8. The van der Waals surface area contributed by atoms with Gasteiger partial charge in [0.05, 0.1) is 42.8 Å². The molecule has 478 valence electrons. The Morgan fingerprint density at radius 2 is 0.542 bits per heavy atom. The molecule has 0 amide bonds. The van der Waals surface area contributed by atoms with E-state index in [4.69, 9.17) is 0 Å². The SMILES string of the molecule is CC(C)[Si](c1cc2c(N(c3ccc(-c4ccccc4)cc3)c3ccc4c(c3)c3ccccc3n4-c3ccccc3)c3sc([Si](C(C)C)(C(C)C)C(C)C)cc3c(N(c3ccc(-c4ccccc4)cc3)c3ccc4c(c3)c3ccccc3n4-c3ccccc3)c2s1)(C(C)C)C(C)C. The van der Waals surface area contributed by atoms with Crippen LogP contribution in [0.15, 0.2) is 267 Å². The second-order valence-corrected chi connectivity index (χ2v) is 43.0. The van der Waals surface area contributed by atoms with Crippen LogP contribution in [0.25, 0.3) is 97.4 Å². The average molecular weight is 1320 g/mol. The summed E-state index contributed by atoms with van der Waals surface area (Å²) in [6, 6.07) is 101. The Labute approximate surface area is 577 Å². The standard InChI is InChI=1S/C88H86N4S2Si2/c1-57(2)95(58(3)4,59(5)6)83-55-77-85(89(69-45-41-65(42-46-69)63-29-17-13-18-30-63)71-49-51-81-75(53-71)73-37-25-27-39-79(73)91(81)67-33-21-15-22-34-67)88-78(56-84(94-88)96(60(7)8,61(9)10)62(11)12)86(87(77)93-83)90(70-47-43-66(44-48-70)64-31-19-14-20-32-64)72-50-52-82-76(54-72)74-38-26-28-40-80(74)92(82)68-35-23-16-24-36-68/h13-62H,1-12H3. The Morgan fingerprint density at radius 3 is 0.875 bits per heavy atom. The van der Waals surface area contributed by atoms with Crippen molar-refractivity contribution < 1.29 is 0 Å². The molecular weight excluding hydrogens is 1230 g/mol. The molecule has 0 N–H and O–H groups in total. The van der Waals surface area contributed by atoms with Gasteiger partial charge in [-0.3, -0.25) is 0 Å². The van der Waals surface area contributed by atoms with E-state index in [1.807, 2.05) is 0 Å². The summed E-state index contributed by atoms with van der Waals surface area (Å²) in [6.07, 6.45) is 0. The van der Waals surface area contributed by atoms with Crippen molar-refractivity contribution in [3.05, 3.63) is 267 Å². The molecule has 0 saturated heterocycles. The van der Waals surface area contributed by atoms with E-state index >= 15 is 0 Å². The fourth-order valence-electron chi connectivity index (χ4n) is 17.9. The molecule has 4 heterocycles. The molecule has 15 rings (SSSR count). The van der Waals surface area contributed by atoms with Gasteiger partial charge in [0.2, 0.25) is 0 Å². The summed E-state index contributed by atoms with van der Waals surface area (Å²) in [5.41, 5.74) is 21.9. The largest absolute Gasteiger partial charge is 0.309 e. The van der Waals surface area contributed by atoms with E-state index < -0.39 is 16.1 Å². The van der Waals surface area contributed by atoms with E-state index in [2.05, 4.69) is 392 Å². The molecule has 15 aromatic rings. The van der Waals surface area contributed by atoms with Crippen LogP contribution in [-0.2, 0) is 0 Å². The fourth-order valence-corrected chi connectivity index (χ4v) is 38.3. The number of anilines is 6. The third-order valence-electron chi connectivity index (χ3n) is 21.8. The molecule has 4 nitrogen and oxygen atoms in total. The summed E-state index contributed by atoms with van der Waals surface area (Å²) < 4.78 is 10.7. The van der Waals surface area contributed by atoms with Crippen LogP contribution >= 0.6 is 22.7 Å². The summed E-state index contributed by atoms with van der Waals surface area (Å²) in [5, 5.41) is 7.54. The van der Waals surface area contributed by atoms with Gasteiger partial charge in [0.15, 0.2) is 0 Å². The molecule has 0 aliphatic rings. The highest BCUT2D eigenvalue weighted by Crippen LogP contribution is 2.57. The summed E-state index contributed by atoms with van der Waals surface area (Å²) >= 11 is 4.24. The van der Waals surface area contributed by atoms with Gasteiger partial charge in [0.1, 0.15) is 16.1 Å². The maximum absolute atomic E-state index is 2.76. The van der Waals surface area contributed by atoms with Gasteiger partial charge in [-0.15, -0.1) is 22.7 Å². The van der Waals surface area contributed by atoms with Crippen molar-refractivity contribution in [1.82, 2.24) is 9.13 Å². The predicted molar refractivity (Wildman–Crippen MR) is 427 cm³/mol. The lowest BCUT2D eigenvalue weighted by Gasteiger charge is -2.42. The molecule has 0 spiro atoms. The summed E-state index contributed by atoms with van der Waals surface area (Å²) in [4.78, 5) is 5.40. The van der Waals surface area contributed by atoms with Crippen molar-refractivity contribution in [3.8, 4) is 33.6 Å². The lowest BCUT2D eigenvalue weighted by molar-refractivity contribution is 0.837. The Kier molecular flexibility index (Phi) is 16.5. The van der Waals surface area contributed by atoms with Crippen molar-refractivity contribution in [2.45, 2.75) is 116 Å². The highest BCUT2D eigenvalue weighted by atomic mass is 32.1. The van der Waals surface area contributed by atoms with Crippen LogP contribution in [-0.4, -0.2) is 25.3 Å². The predicted octanol–water partition coefficient (Wildman–Crippen LogP) is 26.4. The zero-order valence-corrected chi connectivity index (χ0v) is 61.1. The van der Waals surface area contributed by atoms with Gasteiger partial charge in [-0.1, -0.05) is 241 Å². The van der Waals surface area contributed by atoms with Crippen LogP contribution in [0.3, 0.4) is 0 Å². The Bertz CT molecular complexity index is 4880. The smallest absolute Gasteiger partial charge is 0.107 e. The van der Waals surface area contributed by atoms with Gasteiger partial charge in [0, 0.05) is 66.4 Å². The molecule has 0 unspecified atom stereocenters. The third kappa shape index (κ3) is 10.1. The normalized spacial score (nSPS) is 12.5. The Balaban J connectivity index is 1.12. The van der Waals surface area contributed by atoms with E-state index in [0.717, 1.165) is 34.1 Å². The molecule has 0 atom stereocenters. The van der Waals surface area contributed by atoms with Crippen LogP contribution in [0.5, 0.6) is 0 Å². The van der Waals surface area contributed by atoms with Crippen LogP contribution in [0, 0.1) is 0 Å². The van der Waals surface area contributed by atoms with Gasteiger partial charge in [0.25, 0.3) is 0 Å². The van der Waals surface area contributed by atoms with E-state index in [1.165, 1.54) is 97.4 Å². The topological polar surface area (TPSA) is 16.3 Å². The third-order valence-corrected chi connectivity index (χ3v) is 39.9. The fraction of sp³-hybridized carbons (Fsp3) is 0.205. The first-order valence-electron chi connectivity index (χ1n) is 34.7. The molecular formula is C88H86N4S2Si2. The number of hydrogen-bond donors (Lipinski definition) is 0. The maximum Gasteiger partial charge on any atom is 0.107 e. The molecule has 0 bridgehead atoms. The molecule has 0 aliphatic carbocycles. The van der Waals surface area contributed by atoms with Gasteiger partial charge >= 0.3 is 0 Å².